The van der Waals surface area contributed by atoms with Crippen molar-refractivity contribution in [3.8, 4) is 6.07 Å². The Morgan fingerprint density at radius 2 is 2.05 bits per heavy atom. The highest BCUT2D eigenvalue weighted by Crippen LogP contribution is 2.35. The van der Waals surface area contributed by atoms with Crippen LogP contribution in [0, 0.1) is 18.3 Å². The van der Waals surface area contributed by atoms with Gasteiger partial charge in [0.1, 0.15) is 0 Å². The molecule has 1 aromatic heterocycles. The van der Waals surface area contributed by atoms with Gasteiger partial charge in [0, 0.05) is 16.7 Å². The van der Waals surface area contributed by atoms with E-state index in [1.807, 2.05) is 0 Å². The van der Waals surface area contributed by atoms with Gasteiger partial charge in [0.15, 0.2) is 5.16 Å². The maximum absolute atomic E-state index is 12.8. The predicted molar refractivity (Wildman–Crippen MR) is 69.9 cm³/mol. The molecule has 0 spiro atoms. The Balaban J connectivity index is 2.42. The Labute approximate surface area is 121 Å². The molecule has 0 amide bonds. The summed E-state index contributed by atoms with van der Waals surface area (Å²) in [5.74, 6) is 0. The maximum Gasteiger partial charge on any atom is 0.417 e. The fraction of sp³-hybridized carbons (Fsp3) is 0.154. The van der Waals surface area contributed by atoms with Crippen molar-refractivity contribution >= 4 is 11.8 Å². The number of aryl methyl sites for hydroxylation is 1. The first kappa shape index (κ1) is 15.1. The molecule has 0 bridgehead atoms. The van der Waals surface area contributed by atoms with Crippen LogP contribution < -0.4 is 5.56 Å². The van der Waals surface area contributed by atoms with E-state index in [4.69, 9.17) is 5.26 Å². The SMILES string of the molecule is Cc1cc(=O)[nH]c(Sc2ccc(C#N)c(C(F)(F)F)c2)n1. The number of nitrogens with zero attached hydrogens (tertiary/aromatic N) is 2. The van der Waals surface area contributed by atoms with Crippen molar-refractivity contribution in [1.82, 2.24) is 9.97 Å². The van der Waals surface area contributed by atoms with Gasteiger partial charge >= 0.3 is 6.18 Å². The molecule has 0 saturated carbocycles. The number of benzene rings is 1. The van der Waals surface area contributed by atoms with Gasteiger partial charge in [0.05, 0.1) is 17.2 Å². The molecule has 108 valence electrons. The highest BCUT2D eigenvalue weighted by molar-refractivity contribution is 7.99. The van der Waals surface area contributed by atoms with Gasteiger partial charge in [-0.25, -0.2) is 4.98 Å². The van der Waals surface area contributed by atoms with Crippen LogP contribution in [0.25, 0.3) is 0 Å². The van der Waals surface area contributed by atoms with Crippen LogP contribution in [0.2, 0.25) is 0 Å². The van der Waals surface area contributed by atoms with E-state index in [0.29, 0.717) is 5.69 Å². The first-order chi connectivity index (χ1) is 9.79. The second-order valence-corrected chi connectivity index (χ2v) is 5.17. The van der Waals surface area contributed by atoms with Crippen molar-refractivity contribution in [2.24, 2.45) is 0 Å². The predicted octanol–water partition coefficient (Wildman–Crippen LogP) is 3.12. The molecule has 0 radical (unpaired) electrons. The molecule has 2 rings (SSSR count). The lowest BCUT2D eigenvalue weighted by Gasteiger charge is -2.10. The fourth-order valence-electron chi connectivity index (χ4n) is 1.63. The number of rotatable bonds is 2. The van der Waals surface area contributed by atoms with Crippen LogP contribution in [0.1, 0.15) is 16.8 Å². The normalized spacial score (nSPS) is 11.2. The number of hydrogen-bond acceptors (Lipinski definition) is 4. The Morgan fingerprint density at radius 3 is 2.62 bits per heavy atom. The van der Waals surface area contributed by atoms with E-state index in [-0.39, 0.29) is 15.6 Å². The molecule has 1 aromatic carbocycles. The lowest BCUT2D eigenvalue weighted by atomic mass is 10.1. The van der Waals surface area contributed by atoms with Crippen molar-refractivity contribution in [2.75, 3.05) is 0 Å². The molecule has 1 heterocycles. The Morgan fingerprint density at radius 1 is 1.33 bits per heavy atom. The minimum absolute atomic E-state index is 0.192. The molecule has 0 atom stereocenters. The summed E-state index contributed by atoms with van der Waals surface area (Å²) >= 11 is 0.889. The number of halogens is 3. The summed E-state index contributed by atoms with van der Waals surface area (Å²) in [4.78, 5) is 18.0. The summed E-state index contributed by atoms with van der Waals surface area (Å²) in [5, 5.41) is 8.91. The van der Waals surface area contributed by atoms with Crippen LogP contribution in [0.3, 0.4) is 0 Å². The van der Waals surface area contributed by atoms with Crippen LogP contribution in [0.5, 0.6) is 0 Å². The average Bonchev–Trinajstić information content (AvgIpc) is 2.36. The number of H-pyrrole nitrogens is 1. The number of nitrogens with one attached hydrogen (secondary N) is 1. The first-order valence-corrected chi connectivity index (χ1v) is 6.48. The van der Waals surface area contributed by atoms with E-state index in [0.717, 1.165) is 23.9 Å². The molecular formula is C13H8F3N3OS. The van der Waals surface area contributed by atoms with Crippen molar-refractivity contribution in [1.29, 1.82) is 5.26 Å². The second-order valence-electron chi connectivity index (χ2n) is 4.11. The molecule has 4 nitrogen and oxygen atoms in total. The van der Waals surface area contributed by atoms with E-state index in [9.17, 15) is 18.0 Å². The number of hydrogen-bond donors (Lipinski definition) is 1. The molecular weight excluding hydrogens is 303 g/mol. The van der Waals surface area contributed by atoms with Gasteiger partial charge in [0.25, 0.3) is 5.56 Å². The van der Waals surface area contributed by atoms with Crippen LogP contribution in [0.15, 0.2) is 39.1 Å². The summed E-state index contributed by atoms with van der Waals surface area (Å²) in [6.45, 7) is 1.61. The van der Waals surface area contributed by atoms with Gasteiger partial charge in [-0.05, 0) is 25.1 Å². The minimum atomic E-state index is -4.62. The molecule has 0 aliphatic heterocycles. The van der Waals surface area contributed by atoms with E-state index in [1.165, 1.54) is 18.2 Å². The number of nitriles is 1. The van der Waals surface area contributed by atoms with Crippen LogP contribution in [-0.2, 0) is 6.18 Å². The second kappa shape index (κ2) is 5.61. The third-order valence-corrected chi connectivity index (χ3v) is 3.36. The molecule has 0 fully saturated rings. The summed E-state index contributed by atoms with van der Waals surface area (Å²) in [5.41, 5.74) is -1.37. The summed E-state index contributed by atoms with van der Waals surface area (Å²) in [6, 6.07) is 6.13. The average molecular weight is 311 g/mol. The highest BCUT2D eigenvalue weighted by atomic mass is 32.2. The third kappa shape index (κ3) is 3.64. The topological polar surface area (TPSA) is 69.5 Å². The summed E-state index contributed by atoms with van der Waals surface area (Å²) < 4.78 is 38.5. The Bertz CT molecular complexity index is 777. The lowest BCUT2D eigenvalue weighted by molar-refractivity contribution is -0.137. The quantitative estimate of drug-likeness (QED) is 0.865. The molecule has 0 saturated heterocycles. The molecule has 1 N–H and O–H groups in total. The standard InChI is InChI=1S/C13H8F3N3OS/c1-7-4-11(20)19-12(18-7)21-9-3-2-8(6-17)10(5-9)13(14,15)16/h2-5H,1H3,(H,18,19,20). The zero-order chi connectivity index (χ0) is 15.6. The number of alkyl halides is 3. The zero-order valence-corrected chi connectivity index (χ0v) is 11.5. The van der Waals surface area contributed by atoms with Crippen LogP contribution >= 0.6 is 11.8 Å². The fourth-order valence-corrected chi connectivity index (χ4v) is 2.51. The van der Waals surface area contributed by atoms with Crippen LogP contribution in [-0.4, -0.2) is 9.97 Å². The van der Waals surface area contributed by atoms with Crippen LogP contribution in [0.4, 0.5) is 13.2 Å². The smallest absolute Gasteiger partial charge is 0.301 e. The van der Waals surface area contributed by atoms with Gasteiger partial charge in [-0.15, -0.1) is 0 Å². The van der Waals surface area contributed by atoms with Gasteiger partial charge in [-0.2, -0.15) is 18.4 Å². The molecule has 0 aliphatic carbocycles. The number of aromatic nitrogens is 2. The number of aromatic amines is 1. The summed E-state index contributed by atoms with van der Waals surface area (Å²) in [7, 11) is 0. The molecule has 8 heteroatoms. The molecule has 21 heavy (non-hydrogen) atoms. The monoisotopic (exact) mass is 311 g/mol. The van der Waals surface area contributed by atoms with Crippen molar-refractivity contribution < 1.29 is 13.2 Å². The minimum Gasteiger partial charge on any atom is -0.301 e. The van der Waals surface area contributed by atoms with E-state index in [1.54, 1.807) is 6.92 Å². The third-order valence-electron chi connectivity index (χ3n) is 2.48. The zero-order valence-electron chi connectivity index (χ0n) is 10.7. The largest absolute Gasteiger partial charge is 0.417 e. The van der Waals surface area contributed by atoms with Gasteiger partial charge in [-0.3, -0.25) is 4.79 Å². The summed E-state index contributed by atoms with van der Waals surface area (Å²) in [6.07, 6.45) is -4.62. The first-order valence-electron chi connectivity index (χ1n) is 5.67. The molecule has 2 aromatic rings. The van der Waals surface area contributed by atoms with Gasteiger partial charge in [0.2, 0.25) is 0 Å². The van der Waals surface area contributed by atoms with E-state index < -0.39 is 17.3 Å². The maximum atomic E-state index is 12.8. The van der Waals surface area contributed by atoms with E-state index in [2.05, 4.69) is 9.97 Å². The van der Waals surface area contributed by atoms with Crippen molar-refractivity contribution in [3.05, 3.63) is 51.4 Å². The van der Waals surface area contributed by atoms with Crippen molar-refractivity contribution in [2.45, 2.75) is 23.2 Å². The van der Waals surface area contributed by atoms with Gasteiger partial charge in [-0.1, -0.05) is 11.8 Å². The Hall–Kier alpha value is -2.27. The van der Waals surface area contributed by atoms with Gasteiger partial charge < -0.3 is 4.98 Å². The highest BCUT2D eigenvalue weighted by Gasteiger charge is 2.33. The van der Waals surface area contributed by atoms with E-state index >= 15 is 0 Å². The lowest BCUT2D eigenvalue weighted by Crippen LogP contribution is -2.09. The molecule has 0 aliphatic rings. The Kier molecular flexibility index (Phi) is 4.04. The molecule has 0 unspecified atom stereocenters. The van der Waals surface area contributed by atoms with Crippen molar-refractivity contribution in [3.63, 3.8) is 0 Å².